The Hall–Kier alpha value is -1.58. The first-order chi connectivity index (χ1) is 17.4. The highest BCUT2D eigenvalue weighted by Gasteiger charge is 2.33. The summed E-state index contributed by atoms with van der Waals surface area (Å²) in [5.74, 6) is 0.473. The van der Waals surface area contributed by atoms with Crippen LogP contribution < -0.4 is 0 Å². The molecule has 0 amide bonds. The van der Waals surface area contributed by atoms with E-state index in [1.807, 2.05) is 0 Å². The van der Waals surface area contributed by atoms with Crippen molar-refractivity contribution in [1.82, 2.24) is 10.1 Å². The first-order valence-corrected chi connectivity index (χ1v) is 14.2. The molecule has 2 aliphatic rings. The second-order valence-corrected chi connectivity index (χ2v) is 11.8. The SMILES string of the molecule is Fc1cc2nc(C3CCCCC3)sc2c(F)c1Br.OCc1c(-c2c(Cl)cccc2Cl)noc1C1CC1. The van der Waals surface area contributed by atoms with Gasteiger partial charge in [-0.2, -0.15) is 0 Å². The lowest BCUT2D eigenvalue weighted by molar-refractivity contribution is 0.277. The number of aliphatic hydroxyl groups is 1. The van der Waals surface area contributed by atoms with Crippen molar-refractivity contribution in [3.05, 3.63) is 66.7 Å². The molecule has 0 bridgehead atoms. The predicted molar refractivity (Wildman–Crippen MR) is 143 cm³/mol. The molecule has 4 aromatic rings. The number of halogens is 5. The number of hydrogen-bond acceptors (Lipinski definition) is 5. The van der Waals surface area contributed by atoms with Crippen LogP contribution in [0.15, 0.2) is 33.3 Å². The van der Waals surface area contributed by atoms with Crippen LogP contribution in [0.4, 0.5) is 8.78 Å². The Labute approximate surface area is 229 Å². The van der Waals surface area contributed by atoms with E-state index in [2.05, 4.69) is 26.1 Å². The van der Waals surface area contributed by atoms with E-state index in [1.54, 1.807) is 18.2 Å². The smallest absolute Gasteiger partial charge is 0.159 e. The van der Waals surface area contributed by atoms with E-state index in [0.29, 0.717) is 48.9 Å². The molecule has 0 spiro atoms. The molecule has 1 N–H and O–H groups in total. The summed E-state index contributed by atoms with van der Waals surface area (Å²) in [5.41, 5.74) is 2.32. The zero-order chi connectivity index (χ0) is 25.4. The molecule has 4 nitrogen and oxygen atoms in total. The zero-order valence-corrected chi connectivity index (χ0v) is 23.1. The predicted octanol–water partition coefficient (Wildman–Crippen LogP) is 9.40. The van der Waals surface area contributed by atoms with E-state index in [9.17, 15) is 13.9 Å². The van der Waals surface area contributed by atoms with Crippen molar-refractivity contribution in [2.45, 2.75) is 63.4 Å². The molecule has 0 radical (unpaired) electrons. The number of rotatable bonds is 4. The summed E-state index contributed by atoms with van der Waals surface area (Å²) in [6, 6.07) is 6.57. The summed E-state index contributed by atoms with van der Waals surface area (Å²) in [4.78, 5) is 4.42. The van der Waals surface area contributed by atoms with Gasteiger partial charge in [-0.3, -0.25) is 0 Å². The Kier molecular flexibility index (Phi) is 7.98. The van der Waals surface area contributed by atoms with Crippen molar-refractivity contribution < 1.29 is 18.4 Å². The van der Waals surface area contributed by atoms with Crippen LogP contribution in [0.1, 0.15) is 73.1 Å². The van der Waals surface area contributed by atoms with E-state index >= 15 is 0 Å². The molecule has 6 rings (SSSR count). The van der Waals surface area contributed by atoms with Gasteiger partial charge in [0.1, 0.15) is 17.3 Å². The Morgan fingerprint density at radius 1 is 1.06 bits per heavy atom. The monoisotopic (exact) mass is 614 g/mol. The fraction of sp³-hybridized carbons (Fsp3) is 0.385. The largest absolute Gasteiger partial charge is 0.391 e. The first-order valence-electron chi connectivity index (χ1n) is 11.9. The second kappa shape index (κ2) is 11.0. The minimum Gasteiger partial charge on any atom is -0.391 e. The molecule has 2 heterocycles. The van der Waals surface area contributed by atoms with Gasteiger partial charge in [-0.15, -0.1) is 11.3 Å². The minimum absolute atomic E-state index is 0.0890. The first kappa shape index (κ1) is 26.0. The van der Waals surface area contributed by atoms with Crippen LogP contribution in [0.2, 0.25) is 10.0 Å². The average molecular weight is 616 g/mol. The summed E-state index contributed by atoms with van der Waals surface area (Å²) in [5, 5.41) is 15.5. The van der Waals surface area contributed by atoms with Crippen molar-refractivity contribution in [2.24, 2.45) is 0 Å². The maximum atomic E-state index is 13.9. The molecule has 2 aliphatic carbocycles. The highest BCUT2D eigenvalue weighted by atomic mass is 79.9. The summed E-state index contributed by atoms with van der Waals surface area (Å²) < 4.78 is 33.1. The molecule has 2 aromatic carbocycles. The lowest BCUT2D eigenvalue weighted by atomic mass is 9.90. The van der Waals surface area contributed by atoms with Gasteiger partial charge in [-0.05, 0) is 53.7 Å². The Morgan fingerprint density at radius 2 is 1.75 bits per heavy atom. The third kappa shape index (κ3) is 5.20. The van der Waals surface area contributed by atoms with Crippen LogP contribution in [0.25, 0.3) is 21.5 Å². The van der Waals surface area contributed by atoms with Crippen molar-refractivity contribution in [3.8, 4) is 11.3 Å². The van der Waals surface area contributed by atoms with Crippen LogP contribution >= 0.6 is 50.5 Å². The molecule has 2 saturated carbocycles. The van der Waals surface area contributed by atoms with Gasteiger partial charge >= 0.3 is 0 Å². The van der Waals surface area contributed by atoms with E-state index in [1.165, 1.54) is 36.7 Å². The topological polar surface area (TPSA) is 59.2 Å². The average Bonchev–Trinajstić information content (AvgIpc) is 3.50. The van der Waals surface area contributed by atoms with Crippen molar-refractivity contribution in [1.29, 1.82) is 0 Å². The highest BCUT2D eigenvalue weighted by molar-refractivity contribution is 9.10. The molecule has 190 valence electrons. The van der Waals surface area contributed by atoms with Crippen LogP contribution in [0, 0.1) is 11.6 Å². The second-order valence-electron chi connectivity index (χ2n) is 9.12. The summed E-state index contributed by atoms with van der Waals surface area (Å²) in [6.45, 7) is -0.119. The van der Waals surface area contributed by atoms with Gasteiger partial charge in [0.15, 0.2) is 5.82 Å². The van der Waals surface area contributed by atoms with Crippen molar-refractivity contribution in [2.75, 3.05) is 0 Å². The number of hydrogen-bond donors (Lipinski definition) is 1. The number of aliphatic hydroxyl groups excluding tert-OH is 1. The summed E-state index contributed by atoms with van der Waals surface area (Å²) >= 11 is 16.6. The number of fused-ring (bicyclic) bond motifs is 1. The lowest BCUT2D eigenvalue weighted by Crippen LogP contribution is -2.03. The Balaban J connectivity index is 0.000000148. The molecule has 0 saturated heterocycles. The van der Waals surface area contributed by atoms with Gasteiger partial charge in [0.05, 0.1) is 36.3 Å². The van der Waals surface area contributed by atoms with E-state index in [0.717, 1.165) is 36.5 Å². The van der Waals surface area contributed by atoms with Crippen LogP contribution in [-0.2, 0) is 6.61 Å². The van der Waals surface area contributed by atoms with Gasteiger partial charge < -0.3 is 9.63 Å². The molecule has 2 fully saturated rings. The maximum absolute atomic E-state index is 13.9. The van der Waals surface area contributed by atoms with Crippen LogP contribution in [-0.4, -0.2) is 15.2 Å². The number of nitrogens with zero attached hydrogens (tertiary/aromatic N) is 2. The van der Waals surface area contributed by atoms with E-state index < -0.39 is 11.6 Å². The van der Waals surface area contributed by atoms with Gasteiger partial charge in [0.2, 0.25) is 0 Å². The Morgan fingerprint density at radius 3 is 2.39 bits per heavy atom. The molecule has 36 heavy (non-hydrogen) atoms. The van der Waals surface area contributed by atoms with Gasteiger partial charge in [0, 0.05) is 29.0 Å². The standard InChI is InChI=1S/C13H12BrF2NS.C13H11Cl2NO2/c14-10-8(15)6-9-12(11(10)16)18-13(17-9)7-4-2-1-3-5-7;14-9-2-1-3-10(15)11(9)12-8(6-17)13(18-16-12)7-4-5-7/h6-7H,1-5H2;1-3,7,17H,4-6H2. The fourth-order valence-electron chi connectivity index (χ4n) is 4.58. The molecular weight excluding hydrogens is 593 g/mol. The van der Waals surface area contributed by atoms with Gasteiger partial charge in [-0.1, -0.05) is 53.7 Å². The van der Waals surface area contributed by atoms with Crippen molar-refractivity contribution >= 4 is 60.7 Å². The zero-order valence-electron chi connectivity index (χ0n) is 19.2. The molecular formula is C26H23BrCl2F2N2O2S. The van der Waals surface area contributed by atoms with E-state index in [-0.39, 0.29) is 11.1 Å². The number of thiazole rings is 1. The molecule has 0 aliphatic heterocycles. The molecule has 0 atom stereocenters. The van der Waals surface area contributed by atoms with Crippen LogP contribution in [0.3, 0.4) is 0 Å². The minimum atomic E-state index is -0.583. The van der Waals surface area contributed by atoms with Gasteiger partial charge in [0.25, 0.3) is 0 Å². The highest BCUT2D eigenvalue weighted by Crippen LogP contribution is 2.46. The quantitative estimate of drug-likeness (QED) is 0.232. The summed E-state index contributed by atoms with van der Waals surface area (Å²) in [6.07, 6.45) is 8.09. The normalized spacial score (nSPS) is 16.3. The number of aromatic nitrogens is 2. The number of benzene rings is 2. The third-order valence-corrected chi connectivity index (χ3v) is 9.20. The van der Waals surface area contributed by atoms with E-state index in [4.69, 9.17) is 27.7 Å². The fourth-order valence-corrected chi connectivity index (χ4v) is 6.75. The molecule has 10 heteroatoms. The van der Waals surface area contributed by atoms with Gasteiger partial charge in [-0.25, -0.2) is 13.8 Å². The molecule has 0 unspecified atom stereocenters. The van der Waals surface area contributed by atoms with Crippen LogP contribution in [0.5, 0.6) is 0 Å². The third-order valence-electron chi connectivity index (χ3n) is 6.61. The lowest BCUT2D eigenvalue weighted by Gasteiger charge is -2.18. The summed E-state index contributed by atoms with van der Waals surface area (Å²) in [7, 11) is 0. The maximum Gasteiger partial charge on any atom is 0.159 e. The Bertz CT molecular complexity index is 1380. The molecule has 2 aromatic heterocycles. The van der Waals surface area contributed by atoms with Crippen molar-refractivity contribution in [3.63, 3.8) is 0 Å².